The van der Waals surface area contributed by atoms with E-state index in [2.05, 4.69) is 10.3 Å². The number of nitrogens with one attached hydrogen (secondary N) is 1. The van der Waals surface area contributed by atoms with Gasteiger partial charge >= 0.3 is 0 Å². The Kier molecular flexibility index (Phi) is 4.85. The highest BCUT2D eigenvalue weighted by atomic mass is 16.2. The topological polar surface area (TPSA) is 68.0 Å². The Morgan fingerprint density at radius 2 is 2.00 bits per heavy atom. The number of hydrogen-bond donors (Lipinski definition) is 2. The Labute approximate surface area is 119 Å². The second-order valence-corrected chi connectivity index (χ2v) is 4.81. The normalized spacial score (nSPS) is 13.5. The second-order valence-electron chi connectivity index (χ2n) is 4.81. The van der Waals surface area contributed by atoms with Crippen LogP contribution in [0.5, 0.6) is 0 Å². The van der Waals surface area contributed by atoms with Gasteiger partial charge in [0.25, 0.3) is 0 Å². The lowest BCUT2D eigenvalue weighted by atomic mass is 10.1. The van der Waals surface area contributed by atoms with Crippen LogP contribution in [0.4, 0.5) is 0 Å². The van der Waals surface area contributed by atoms with E-state index in [1.54, 1.807) is 12.4 Å². The molecule has 0 spiro atoms. The van der Waals surface area contributed by atoms with Gasteiger partial charge in [0, 0.05) is 12.4 Å². The largest absolute Gasteiger partial charge is 0.348 e. The van der Waals surface area contributed by atoms with Crippen LogP contribution in [-0.2, 0) is 11.2 Å². The molecule has 20 heavy (non-hydrogen) atoms. The fourth-order valence-electron chi connectivity index (χ4n) is 2.00. The summed E-state index contributed by atoms with van der Waals surface area (Å²) in [6.45, 7) is 1.92. The molecule has 2 atom stereocenters. The zero-order valence-corrected chi connectivity index (χ0v) is 11.5. The Morgan fingerprint density at radius 1 is 1.25 bits per heavy atom. The van der Waals surface area contributed by atoms with Crippen LogP contribution in [0.3, 0.4) is 0 Å². The molecule has 4 nitrogen and oxygen atoms in total. The van der Waals surface area contributed by atoms with E-state index in [0.717, 1.165) is 11.1 Å². The van der Waals surface area contributed by atoms with Crippen LogP contribution in [-0.4, -0.2) is 16.9 Å². The van der Waals surface area contributed by atoms with Gasteiger partial charge in [0.1, 0.15) is 0 Å². The van der Waals surface area contributed by atoms with Crippen molar-refractivity contribution in [1.29, 1.82) is 0 Å². The highest BCUT2D eigenvalue weighted by Crippen LogP contribution is 2.10. The smallest absolute Gasteiger partial charge is 0.237 e. The van der Waals surface area contributed by atoms with E-state index in [1.807, 2.05) is 49.4 Å². The summed E-state index contributed by atoms with van der Waals surface area (Å²) < 4.78 is 0. The van der Waals surface area contributed by atoms with Gasteiger partial charge < -0.3 is 11.1 Å². The summed E-state index contributed by atoms with van der Waals surface area (Å²) in [6, 6.07) is 12.9. The SMILES string of the molecule is C[C@@H](NC(=O)[C@@H](N)Cc1ccccc1)c1cccnc1. The van der Waals surface area contributed by atoms with Crippen molar-refractivity contribution in [3.05, 3.63) is 66.0 Å². The predicted molar refractivity (Wildman–Crippen MR) is 78.9 cm³/mol. The zero-order chi connectivity index (χ0) is 14.4. The number of rotatable bonds is 5. The molecule has 0 radical (unpaired) electrons. The van der Waals surface area contributed by atoms with Crippen molar-refractivity contribution in [3.63, 3.8) is 0 Å². The molecule has 0 bridgehead atoms. The summed E-state index contributed by atoms with van der Waals surface area (Å²) in [5, 5.41) is 2.91. The molecule has 0 aliphatic rings. The number of nitrogens with zero attached hydrogens (tertiary/aromatic N) is 1. The molecule has 4 heteroatoms. The summed E-state index contributed by atoms with van der Waals surface area (Å²) in [6.07, 6.45) is 3.99. The first-order valence-corrected chi connectivity index (χ1v) is 6.66. The maximum Gasteiger partial charge on any atom is 0.237 e. The number of benzene rings is 1. The van der Waals surface area contributed by atoms with Crippen molar-refractivity contribution in [2.75, 3.05) is 0 Å². The number of amides is 1. The number of pyridine rings is 1. The average molecular weight is 269 g/mol. The molecule has 2 aromatic rings. The zero-order valence-electron chi connectivity index (χ0n) is 11.5. The lowest BCUT2D eigenvalue weighted by Gasteiger charge is -2.17. The second kappa shape index (κ2) is 6.82. The highest BCUT2D eigenvalue weighted by Gasteiger charge is 2.16. The molecule has 0 fully saturated rings. The first-order chi connectivity index (χ1) is 9.66. The van der Waals surface area contributed by atoms with Crippen LogP contribution in [0.15, 0.2) is 54.9 Å². The van der Waals surface area contributed by atoms with Crippen LogP contribution < -0.4 is 11.1 Å². The quantitative estimate of drug-likeness (QED) is 0.870. The summed E-state index contributed by atoms with van der Waals surface area (Å²) in [5.41, 5.74) is 7.97. The average Bonchev–Trinajstić information content (AvgIpc) is 2.49. The minimum absolute atomic E-state index is 0.0991. The predicted octanol–water partition coefficient (Wildman–Crippen LogP) is 1.83. The molecule has 2 rings (SSSR count). The van der Waals surface area contributed by atoms with E-state index in [-0.39, 0.29) is 11.9 Å². The minimum Gasteiger partial charge on any atom is -0.348 e. The monoisotopic (exact) mass is 269 g/mol. The van der Waals surface area contributed by atoms with Gasteiger partial charge in [-0.1, -0.05) is 36.4 Å². The van der Waals surface area contributed by atoms with E-state index < -0.39 is 6.04 Å². The molecule has 0 unspecified atom stereocenters. The fourth-order valence-corrected chi connectivity index (χ4v) is 2.00. The third kappa shape index (κ3) is 3.90. The molecule has 1 heterocycles. The van der Waals surface area contributed by atoms with Crippen molar-refractivity contribution >= 4 is 5.91 Å². The lowest BCUT2D eigenvalue weighted by molar-refractivity contribution is -0.123. The first kappa shape index (κ1) is 14.2. The van der Waals surface area contributed by atoms with Crippen molar-refractivity contribution in [3.8, 4) is 0 Å². The molecular weight excluding hydrogens is 250 g/mol. The van der Waals surface area contributed by atoms with Crippen molar-refractivity contribution in [2.24, 2.45) is 5.73 Å². The number of carbonyl (C=O) groups excluding carboxylic acids is 1. The van der Waals surface area contributed by atoms with Crippen LogP contribution in [0, 0.1) is 0 Å². The maximum absolute atomic E-state index is 12.1. The van der Waals surface area contributed by atoms with Crippen LogP contribution in [0.2, 0.25) is 0 Å². The molecule has 0 saturated carbocycles. The van der Waals surface area contributed by atoms with Gasteiger partial charge in [0.15, 0.2) is 0 Å². The summed E-state index contributed by atoms with van der Waals surface area (Å²) in [4.78, 5) is 16.1. The Morgan fingerprint density at radius 3 is 2.65 bits per heavy atom. The fraction of sp³-hybridized carbons (Fsp3) is 0.250. The molecule has 0 saturated heterocycles. The maximum atomic E-state index is 12.1. The highest BCUT2D eigenvalue weighted by molar-refractivity contribution is 5.82. The molecule has 1 aromatic heterocycles. The minimum atomic E-state index is -0.545. The molecule has 0 aliphatic heterocycles. The lowest BCUT2D eigenvalue weighted by Crippen LogP contribution is -2.42. The standard InChI is InChI=1S/C16H19N3O/c1-12(14-8-5-9-18-11-14)19-16(20)15(17)10-13-6-3-2-4-7-13/h2-9,11-12,15H,10,17H2,1H3,(H,19,20)/t12-,15+/m1/s1. The van der Waals surface area contributed by atoms with Crippen molar-refractivity contribution in [1.82, 2.24) is 10.3 Å². The van der Waals surface area contributed by atoms with E-state index >= 15 is 0 Å². The van der Waals surface area contributed by atoms with Gasteiger partial charge in [-0.05, 0) is 30.5 Å². The molecule has 3 N–H and O–H groups in total. The number of hydrogen-bond acceptors (Lipinski definition) is 3. The van der Waals surface area contributed by atoms with Crippen molar-refractivity contribution in [2.45, 2.75) is 25.4 Å². The van der Waals surface area contributed by atoms with Gasteiger partial charge in [0.2, 0.25) is 5.91 Å². The van der Waals surface area contributed by atoms with Crippen LogP contribution in [0.25, 0.3) is 0 Å². The Balaban J connectivity index is 1.91. The van der Waals surface area contributed by atoms with E-state index in [1.165, 1.54) is 0 Å². The van der Waals surface area contributed by atoms with E-state index in [4.69, 9.17) is 5.73 Å². The van der Waals surface area contributed by atoms with Crippen molar-refractivity contribution < 1.29 is 4.79 Å². The van der Waals surface area contributed by atoms with Gasteiger partial charge in [-0.25, -0.2) is 0 Å². The number of nitrogens with two attached hydrogens (primary N) is 1. The molecule has 1 aromatic carbocycles. The van der Waals surface area contributed by atoms with E-state index in [0.29, 0.717) is 6.42 Å². The summed E-state index contributed by atoms with van der Waals surface area (Å²) in [5.74, 6) is -0.148. The third-order valence-corrected chi connectivity index (χ3v) is 3.18. The van der Waals surface area contributed by atoms with Gasteiger partial charge in [-0.2, -0.15) is 0 Å². The summed E-state index contributed by atoms with van der Waals surface area (Å²) in [7, 11) is 0. The molecule has 0 aliphatic carbocycles. The molecule has 1 amide bonds. The Hall–Kier alpha value is -2.20. The molecule has 104 valence electrons. The van der Waals surface area contributed by atoms with E-state index in [9.17, 15) is 4.79 Å². The van der Waals surface area contributed by atoms with Gasteiger partial charge in [-0.3, -0.25) is 9.78 Å². The van der Waals surface area contributed by atoms with Crippen LogP contribution in [0.1, 0.15) is 24.1 Å². The first-order valence-electron chi connectivity index (χ1n) is 6.66. The van der Waals surface area contributed by atoms with Crippen LogP contribution >= 0.6 is 0 Å². The van der Waals surface area contributed by atoms with Gasteiger partial charge in [0.05, 0.1) is 12.1 Å². The van der Waals surface area contributed by atoms with Gasteiger partial charge in [-0.15, -0.1) is 0 Å². The third-order valence-electron chi connectivity index (χ3n) is 3.18. The Bertz CT molecular complexity index is 542. The number of aromatic nitrogens is 1. The number of carbonyl (C=O) groups is 1. The molecular formula is C16H19N3O. The summed E-state index contributed by atoms with van der Waals surface area (Å²) >= 11 is 0.